The Kier molecular flexibility index (Phi) is 3.22. The van der Waals surface area contributed by atoms with Crippen LogP contribution < -0.4 is 5.73 Å². The lowest BCUT2D eigenvalue weighted by molar-refractivity contribution is -0.111. The van der Waals surface area contributed by atoms with Gasteiger partial charge in [0.15, 0.2) is 0 Å². The van der Waals surface area contributed by atoms with E-state index in [-0.39, 0.29) is 30.3 Å². The largest absolute Gasteiger partial charge is 0.396 e. The highest BCUT2D eigenvalue weighted by atomic mass is 19.1. The molecule has 0 unspecified atom stereocenters. The lowest BCUT2D eigenvalue weighted by Crippen LogP contribution is -2.66. The highest BCUT2D eigenvalue weighted by Crippen LogP contribution is 2.30. The Balaban J connectivity index is 2.17. The standard InChI is InChI=1S/C13H16F2N2O2/c1-7(2)13(19)5-17(6-13)12(18)8-3-11(16)10(15)4-9(8)14/h3-4,7,19H,5-6,16H2,1-2H3. The minimum absolute atomic E-state index is 0.000292. The van der Waals surface area contributed by atoms with Crippen LogP contribution in [0.4, 0.5) is 14.5 Å². The van der Waals surface area contributed by atoms with E-state index in [2.05, 4.69) is 0 Å². The maximum Gasteiger partial charge on any atom is 0.257 e. The van der Waals surface area contributed by atoms with Gasteiger partial charge in [-0.15, -0.1) is 0 Å². The maximum atomic E-state index is 13.5. The van der Waals surface area contributed by atoms with Crippen LogP contribution in [0.15, 0.2) is 12.1 Å². The van der Waals surface area contributed by atoms with Crippen molar-refractivity contribution in [2.24, 2.45) is 5.92 Å². The number of β-amino-alcohol motifs (C(OH)–C–C–N with tert-alkyl or cyclic N) is 1. The molecule has 0 aliphatic carbocycles. The molecular weight excluding hydrogens is 254 g/mol. The van der Waals surface area contributed by atoms with Crippen molar-refractivity contribution < 1.29 is 18.7 Å². The van der Waals surface area contributed by atoms with Crippen molar-refractivity contribution in [3.05, 3.63) is 29.3 Å². The van der Waals surface area contributed by atoms with Crippen LogP contribution in [0, 0.1) is 17.6 Å². The SMILES string of the molecule is CC(C)C1(O)CN(C(=O)c2cc(N)c(F)cc2F)C1. The van der Waals surface area contributed by atoms with E-state index in [0.29, 0.717) is 6.07 Å². The van der Waals surface area contributed by atoms with Gasteiger partial charge in [-0.2, -0.15) is 0 Å². The van der Waals surface area contributed by atoms with Gasteiger partial charge in [0.1, 0.15) is 17.2 Å². The fourth-order valence-corrected chi connectivity index (χ4v) is 2.02. The number of hydrogen-bond acceptors (Lipinski definition) is 3. The molecular formula is C13H16F2N2O2. The molecule has 2 rings (SSSR count). The van der Waals surface area contributed by atoms with Gasteiger partial charge in [0.2, 0.25) is 0 Å². The summed E-state index contributed by atoms with van der Waals surface area (Å²) < 4.78 is 26.6. The van der Waals surface area contributed by atoms with Gasteiger partial charge in [-0.25, -0.2) is 8.78 Å². The van der Waals surface area contributed by atoms with Crippen LogP contribution in [0.5, 0.6) is 0 Å². The van der Waals surface area contributed by atoms with Crippen molar-refractivity contribution in [3.63, 3.8) is 0 Å². The second-order valence-electron chi connectivity index (χ2n) is 5.27. The number of nitrogens with zero attached hydrogens (tertiary/aromatic N) is 1. The number of rotatable bonds is 2. The van der Waals surface area contributed by atoms with E-state index in [4.69, 9.17) is 5.73 Å². The van der Waals surface area contributed by atoms with E-state index < -0.39 is 23.1 Å². The average molecular weight is 270 g/mol. The lowest BCUT2D eigenvalue weighted by Gasteiger charge is -2.49. The molecule has 19 heavy (non-hydrogen) atoms. The van der Waals surface area contributed by atoms with Crippen LogP contribution in [0.2, 0.25) is 0 Å². The molecule has 1 heterocycles. The number of halogens is 2. The highest BCUT2D eigenvalue weighted by molar-refractivity contribution is 5.96. The van der Waals surface area contributed by atoms with Crippen molar-refractivity contribution in [2.75, 3.05) is 18.8 Å². The van der Waals surface area contributed by atoms with Gasteiger partial charge in [-0.3, -0.25) is 4.79 Å². The monoisotopic (exact) mass is 270 g/mol. The third-order valence-electron chi connectivity index (χ3n) is 3.61. The van der Waals surface area contributed by atoms with Crippen LogP contribution in [0.25, 0.3) is 0 Å². The molecule has 1 aliphatic heterocycles. The summed E-state index contributed by atoms with van der Waals surface area (Å²) in [5.41, 5.74) is 3.85. The Morgan fingerprint density at radius 1 is 1.37 bits per heavy atom. The van der Waals surface area contributed by atoms with E-state index >= 15 is 0 Å². The highest BCUT2D eigenvalue weighted by Gasteiger charge is 2.46. The Bertz CT molecular complexity index is 526. The minimum Gasteiger partial charge on any atom is -0.396 e. The normalized spacial score (nSPS) is 17.5. The molecule has 1 fully saturated rings. The van der Waals surface area contributed by atoms with Gasteiger partial charge in [0.05, 0.1) is 24.3 Å². The zero-order chi connectivity index (χ0) is 14.4. The first-order valence-electron chi connectivity index (χ1n) is 6.01. The van der Waals surface area contributed by atoms with Crippen molar-refractivity contribution >= 4 is 11.6 Å². The van der Waals surface area contributed by atoms with Gasteiger partial charge >= 0.3 is 0 Å². The smallest absolute Gasteiger partial charge is 0.257 e. The number of nitrogen functional groups attached to an aromatic ring is 1. The van der Waals surface area contributed by atoms with Crippen LogP contribution in [-0.4, -0.2) is 34.6 Å². The molecule has 1 amide bonds. The summed E-state index contributed by atoms with van der Waals surface area (Å²) in [4.78, 5) is 13.3. The predicted molar refractivity (Wildman–Crippen MR) is 66.5 cm³/mol. The van der Waals surface area contributed by atoms with Crippen molar-refractivity contribution in [1.82, 2.24) is 4.90 Å². The molecule has 1 aromatic carbocycles. The van der Waals surface area contributed by atoms with E-state index in [1.165, 1.54) is 4.90 Å². The Labute approximate surface area is 109 Å². The second kappa shape index (κ2) is 4.45. The van der Waals surface area contributed by atoms with E-state index in [1.54, 1.807) is 0 Å². The molecule has 104 valence electrons. The molecule has 0 atom stereocenters. The molecule has 0 bridgehead atoms. The molecule has 6 heteroatoms. The van der Waals surface area contributed by atoms with Gasteiger partial charge in [-0.05, 0) is 12.0 Å². The molecule has 1 aliphatic rings. The van der Waals surface area contributed by atoms with Gasteiger partial charge in [0.25, 0.3) is 5.91 Å². The van der Waals surface area contributed by atoms with Crippen LogP contribution in [0.3, 0.4) is 0 Å². The van der Waals surface area contributed by atoms with Gasteiger partial charge < -0.3 is 15.7 Å². The number of aliphatic hydroxyl groups is 1. The predicted octanol–water partition coefficient (Wildman–Crippen LogP) is 1.39. The first-order chi connectivity index (χ1) is 8.74. The van der Waals surface area contributed by atoms with Gasteiger partial charge in [-0.1, -0.05) is 13.8 Å². The zero-order valence-corrected chi connectivity index (χ0v) is 10.8. The number of nitrogens with two attached hydrogens (primary N) is 1. The Hall–Kier alpha value is -1.69. The van der Waals surface area contributed by atoms with Crippen molar-refractivity contribution in [1.29, 1.82) is 0 Å². The third kappa shape index (κ3) is 2.28. The second-order valence-corrected chi connectivity index (χ2v) is 5.27. The summed E-state index contributed by atoms with van der Waals surface area (Å²) in [5, 5.41) is 10.0. The molecule has 3 N–H and O–H groups in total. The summed E-state index contributed by atoms with van der Waals surface area (Å²) in [7, 11) is 0. The molecule has 0 spiro atoms. The van der Waals surface area contributed by atoms with Crippen LogP contribution in [-0.2, 0) is 0 Å². The summed E-state index contributed by atoms with van der Waals surface area (Å²) in [6.45, 7) is 3.97. The van der Waals surface area contributed by atoms with E-state index in [9.17, 15) is 18.7 Å². The molecule has 1 saturated heterocycles. The number of benzene rings is 1. The number of carbonyl (C=O) groups is 1. The molecule has 0 radical (unpaired) electrons. The summed E-state index contributed by atoms with van der Waals surface area (Å²) >= 11 is 0. The number of likely N-dealkylation sites (tertiary alicyclic amines) is 1. The van der Waals surface area contributed by atoms with Crippen LogP contribution in [0.1, 0.15) is 24.2 Å². The molecule has 1 aromatic rings. The maximum absolute atomic E-state index is 13.5. The summed E-state index contributed by atoms with van der Waals surface area (Å²) in [5.74, 6) is -2.43. The van der Waals surface area contributed by atoms with Gasteiger partial charge in [0, 0.05) is 6.07 Å². The zero-order valence-electron chi connectivity index (χ0n) is 10.8. The van der Waals surface area contributed by atoms with Crippen LogP contribution >= 0.6 is 0 Å². The van der Waals surface area contributed by atoms with Crippen molar-refractivity contribution in [2.45, 2.75) is 19.4 Å². The number of hydrogen-bond donors (Lipinski definition) is 2. The van der Waals surface area contributed by atoms with E-state index in [0.717, 1.165) is 6.07 Å². The quantitative estimate of drug-likeness (QED) is 0.798. The first-order valence-corrected chi connectivity index (χ1v) is 6.01. The molecule has 4 nitrogen and oxygen atoms in total. The lowest BCUT2D eigenvalue weighted by atomic mass is 9.82. The Morgan fingerprint density at radius 2 is 1.95 bits per heavy atom. The van der Waals surface area contributed by atoms with E-state index in [1.807, 2.05) is 13.8 Å². The number of amides is 1. The fraction of sp³-hybridized carbons (Fsp3) is 0.462. The summed E-state index contributed by atoms with van der Waals surface area (Å²) in [6, 6.07) is 1.58. The molecule has 0 saturated carbocycles. The third-order valence-corrected chi connectivity index (χ3v) is 3.61. The summed E-state index contributed by atoms with van der Waals surface area (Å²) in [6.07, 6.45) is 0. The topological polar surface area (TPSA) is 66.6 Å². The fourth-order valence-electron chi connectivity index (χ4n) is 2.02. The molecule has 0 aromatic heterocycles. The van der Waals surface area contributed by atoms with Crippen molar-refractivity contribution in [3.8, 4) is 0 Å². The first kappa shape index (κ1) is 13.7. The average Bonchev–Trinajstić information content (AvgIpc) is 2.28. The number of carbonyl (C=O) groups excluding carboxylic acids is 1. The minimum atomic E-state index is -0.948. The Morgan fingerprint density at radius 3 is 2.47 bits per heavy atom. The number of anilines is 1.